The highest BCUT2D eigenvalue weighted by atomic mass is 16.2. The van der Waals surface area contributed by atoms with Crippen LogP contribution in [0.2, 0.25) is 0 Å². The molecule has 2 N–H and O–H groups in total. The van der Waals surface area contributed by atoms with Crippen molar-refractivity contribution in [1.29, 1.82) is 0 Å². The van der Waals surface area contributed by atoms with Crippen molar-refractivity contribution in [3.63, 3.8) is 0 Å². The highest BCUT2D eigenvalue weighted by molar-refractivity contribution is 5.76. The zero-order valence-electron chi connectivity index (χ0n) is 10.9. The number of hydrazine groups is 1. The minimum Gasteiger partial charge on any atom is -0.334 e. The molecule has 0 spiro atoms. The van der Waals surface area contributed by atoms with E-state index in [9.17, 15) is 4.79 Å². The summed E-state index contributed by atoms with van der Waals surface area (Å²) >= 11 is 0. The van der Waals surface area contributed by atoms with Gasteiger partial charge < -0.3 is 5.32 Å². The van der Waals surface area contributed by atoms with Gasteiger partial charge in [0.2, 0.25) is 0 Å². The summed E-state index contributed by atoms with van der Waals surface area (Å²) in [6.07, 6.45) is 0. The predicted molar refractivity (Wildman–Crippen MR) is 70.7 cm³/mol. The average Bonchev–Trinajstić information content (AvgIpc) is 2.25. The second-order valence-corrected chi connectivity index (χ2v) is 4.55. The molecule has 0 aliphatic carbocycles. The number of hydrogen-bond acceptors (Lipinski definition) is 2. The lowest BCUT2D eigenvalue weighted by Crippen LogP contribution is -2.49. The molecule has 0 aliphatic rings. The van der Waals surface area contributed by atoms with Crippen LogP contribution in [0.15, 0.2) is 30.3 Å². The zero-order chi connectivity index (χ0) is 12.8. The highest BCUT2D eigenvalue weighted by Crippen LogP contribution is 2.09. The molecule has 0 saturated carbocycles. The Morgan fingerprint density at radius 3 is 2.18 bits per heavy atom. The van der Waals surface area contributed by atoms with Crippen LogP contribution >= 0.6 is 0 Å². The maximum Gasteiger partial charge on any atom is 0.336 e. The van der Waals surface area contributed by atoms with Gasteiger partial charge in [-0.1, -0.05) is 18.2 Å². The standard InChI is InChI=1S/C13H21N3O/c1-10(2)14-13(17)16(11(3)4)15-12-8-6-5-7-9-12/h5-11,15H,1-4H3,(H,14,17). The second kappa shape index (κ2) is 6.13. The van der Waals surface area contributed by atoms with Crippen LogP contribution in [-0.4, -0.2) is 23.1 Å². The molecule has 4 heteroatoms. The van der Waals surface area contributed by atoms with Crippen molar-refractivity contribution in [3.8, 4) is 0 Å². The van der Waals surface area contributed by atoms with E-state index in [2.05, 4.69) is 10.7 Å². The van der Waals surface area contributed by atoms with Crippen LogP contribution in [0.4, 0.5) is 10.5 Å². The van der Waals surface area contributed by atoms with Crippen molar-refractivity contribution in [2.75, 3.05) is 5.43 Å². The number of nitrogens with zero attached hydrogens (tertiary/aromatic N) is 1. The Kier molecular flexibility index (Phi) is 4.82. The molecule has 1 aromatic carbocycles. The monoisotopic (exact) mass is 235 g/mol. The summed E-state index contributed by atoms with van der Waals surface area (Å²) in [5.41, 5.74) is 4.01. The molecule has 0 atom stereocenters. The highest BCUT2D eigenvalue weighted by Gasteiger charge is 2.17. The third-order valence-electron chi connectivity index (χ3n) is 2.17. The summed E-state index contributed by atoms with van der Waals surface area (Å²) in [5.74, 6) is 0. The van der Waals surface area contributed by atoms with Crippen LogP contribution in [0.25, 0.3) is 0 Å². The number of para-hydroxylation sites is 1. The van der Waals surface area contributed by atoms with E-state index in [4.69, 9.17) is 0 Å². The fourth-order valence-corrected chi connectivity index (χ4v) is 1.38. The fourth-order valence-electron chi connectivity index (χ4n) is 1.38. The van der Waals surface area contributed by atoms with E-state index in [1.54, 1.807) is 5.01 Å². The number of hydrogen-bond donors (Lipinski definition) is 2. The smallest absolute Gasteiger partial charge is 0.334 e. The molecule has 1 aromatic rings. The van der Waals surface area contributed by atoms with Gasteiger partial charge in [-0.3, -0.25) is 5.43 Å². The van der Waals surface area contributed by atoms with E-state index in [0.717, 1.165) is 5.69 Å². The lowest BCUT2D eigenvalue weighted by molar-refractivity contribution is 0.194. The summed E-state index contributed by atoms with van der Waals surface area (Å²) in [6.45, 7) is 7.82. The molecule has 0 aromatic heterocycles. The van der Waals surface area contributed by atoms with Crippen molar-refractivity contribution >= 4 is 11.7 Å². The normalized spacial score (nSPS) is 10.5. The Bertz CT molecular complexity index is 349. The van der Waals surface area contributed by atoms with Gasteiger partial charge >= 0.3 is 6.03 Å². The summed E-state index contributed by atoms with van der Waals surface area (Å²) in [7, 11) is 0. The van der Waals surface area contributed by atoms with Crippen molar-refractivity contribution in [2.45, 2.75) is 39.8 Å². The van der Waals surface area contributed by atoms with Crippen LogP contribution in [-0.2, 0) is 0 Å². The molecule has 0 unspecified atom stereocenters. The zero-order valence-corrected chi connectivity index (χ0v) is 10.9. The van der Waals surface area contributed by atoms with Gasteiger partial charge in [0.15, 0.2) is 0 Å². The first kappa shape index (κ1) is 13.4. The Hall–Kier alpha value is -1.71. The molecule has 4 nitrogen and oxygen atoms in total. The number of nitrogens with one attached hydrogen (secondary N) is 2. The molecule has 94 valence electrons. The summed E-state index contributed by atoms with van der Waals surface area (Å²) in [6, 6.07) is 9.76. The lowest BCUT2D eigenvalue weighted by Gasteiger charge is -2.29. The van der Waals surface area contributed by atoms with Gasteiger partial charge in [-0.25, -0.2) is 9.80 Å². The van der Waals surface area contributed by atoms with Gasteiger partial charge in [0, 0.05) is 12.1 Å². The number of rotatable bonds is 4. The van der Waals surface area contributed by atoms with Gasteiger partial charge in [0.1, 0.15) is 0 Å². The van der Waals surface area contributed by atoms with Gasteiger partial charge in [-0.05, 0) is 39.8 Å². The first-order valence-electron chi connectivity index (χ1n) is 5.92. The Labute approximate surface area is 103 Å². The molecule has 2 amide bonds. The van der Waals surface area contributed by atoms with Gasteiger partial charge in [0.05, 0.1) is 5.69 Å². The molecule has 0 aliphatic heterocycles. The maximum atomic E-state index is 12.0. The molecule has 0 fully saturated rings. The van der Waals surface area contributed by atoms with Crippen molar-refractivity contribution in [1.82, 2.24) is 10.3 Å². The van der Waals surface area contributed by atoms with Crippen molar-refractivity contribution < 1.29 is 4.79 Å². The maximum absolute atomic E-state index is 12.0. The predicted octanol–water partition coefficient (Wildman–Crippen LogP) is 2.84. The Morgan fingerprint density at radius 1 is 1.12 bits per heavy atom. The molecule has 0 radical (unpaired) electrons. The molecule has 0 bridgehead atoms. The average molecular weight is 235 g/mol. The molecular weight excluding hydrogens is 214 g/mol. The van der Waals surface area contributed by atoms with E-state index in [1.165, 1.54) is 0 Å². The second-order valence-electron chi connectivity index (χ2n) is 4.55. The van der Waals surface area contributed by atoms with E-state index in [1.807, 2.05) is 58.0 Å². The van der Waals surface area contributed by atoms with Crippen LogP contribution in [0.3, 0.4) is 0 Å². The minimum absolute atomic E-state index is 0.0777. The molecular formula is C13H21N3O. The Balaban J connectivity index is 2.70. The summed E-state index contributed by atoms with van der Waals surface area (Å²) in [5, 5.41) is 4.46. The van der Waals surface area contributed by atoms with Crippen LogP contribution in [0, 0.1) is 0 Å². The Morgan fingerprint density at radius 2 is 1.71 bits per heavy atom. The first-order chi connectivity index (χ1) is 8.00. The number of anilines is 1. The number of benzene rings is 1. The third-order valence-corrected chi connectivity index (χ3v) is 2.17. The topological polar surface area (TPSA) is 44.4 Å². The molecule has 17 heavy (non-hydrogen) atoms. The van der Waals surface area contributed by atoms with E-state index in [0.29, 0.717) is 0 Å². The van der Waals surface area contributed by atoms with Crippen LogP contribution in [0.5, 0.6) is 0 Å². The largest absolute Gasteiger partial charge is 0.336 e. The SMILES string of the molecule is CC(C)NC(=O)N(Nc1ccccc1)C(C)C. The third kappa shape index (κ3) is 4.34. The van der Waals surface area contributed by atoms with Gasteiger partial charge in [-0.15, -0.1) is 0 Å². The molecule has 0 saturated heterocycles. The molecule has 0 heterocycles. The summed E-state index contributed by atoms with van der Waals surface area (Å²) in [4.78, 5) is 12.0. The van der Waals surface area contributed by atoms with Crippen molar-refractivity contribution in [3.05, 3.63) is 30.3 Å². The van der Waals surface area contributed by atoms with Gasteiger partial charge in [0.25, 0.3) is 0 Å². The number of amides is 2. The van der Waals surface area contributed by atoms with E-state index in [-0.39, 0.29) is 18.1 Å². The fraction of sp³-hybridized carbons (Fsp3) is 0.462. The minimum atomic E-state index is -0.112. The van der Waals surface area contributed by atoms with Crippen LogP contribution in [0.1, 0.15) is 27.7 Å². The van der Waals surface area contributed by atoms with E-state index >= 15 is 0 Å². The van der Waals surface area contributed by atoms with E-state index < -0.39 is 0 Å². The lowest BCUT2D eigenvalue weighted by atomic mass is 10.3. The van der Waals surface area contributed by atoms with Crippen LogP contribution < -0.4 is 10.7 Å². The number of carbonyl (C=O) groups is 1. The number of carbonyl (C=O) groups excluding carboxylic acids is 1. The first-order valence-corrected chi connectivity index (χ1v) is 5.92. The number of urea groups is 1. The van der Waals surface area contributed by atoms with Crippen molar-refractivity contribution in [2.24, 2.45) is 0 Å². The summed E-state index contributed by atoms with van der Waals surface area (Å²) < 4.78 is 0. The molecule has 1 rings (SSSR count). The van der Waals surface area contributed by atoms with Gasteiger partial charge in [-0.2, -0.15) is 0 Å². The quantitative estimate of drug-likeness (QED) is 0.788.